The van der Waals surface area contributed by atoms with Crippen LogP contribution in [0.25, 0.3) is 10.8 Å². The smallest absolute Gasteiger partial charge is 0.0149 e. The monoisotopic (exact) mass is 225 g/mol. The summed E-state index contributed by atoms with van der Waals surface area (Å²) in [5.41, 5.74) is 3.08. The fourth-order valence-corrected chi connectivity index (χ4v) is 2.48. The van der Waals surface area contributed by atoms with Crippen molar-refractivity contribution in [3.8, 4) is 0 Å². The third kappa shape index (κ3) is 2.69. The average Bonchev–Trinajstić information content (AvgIpc) is 2.37. The molecule has 0 heteroatoms. The Balaban J connectivity index is 2.49. The van der Waals surface area contributed by atoms with Gasteiger partial charge in [-0.25, -0.2) is 0 Å². The van der Waals surface area contributed by atoms with Crippen molar-refractivity contribution in [3.05, 3.63) is 54.4 Å². The number of fused-ring (bicyclic) bond motifs is 1. The normalized spacial score (nSPS) is 10.9. The summed E-state index contributed by atoms with van der Waals surface area (Å²) in [5, 5.41) is 2.80. The first-order valence-corrected chi connectivity index (χ1v) is 6.65. The van der Waals surface area contributed by atoms with Crippen molar-refractivity contribution in [2.75, 3.05) is 0 Å². The van der Waals surface area contributed by atoms with Crippen LogP contribution in [0, 0.1) is 6.92 Å². The van der Waals surface area contributed by atoms with Crippen LogP contribution in [0.2, 0.25) is 0 Å². The van der Waals surface area contributed by atoms with E-state index in [2.05, 4.69) is 50.2 Å². The zero-order valence-electron chi connectivity index (χ0n) is 10.7. The Hall–Kier alpha value is -1.30. The van der Waals surface area contributed by atoms with E-state index in [1.54, 1.807) is 5.56 Å². The van der Waals surface area contributed by atoms with Crippen molar-refractivity contribution in [1.29, 1.82) is 0 Å². The highest BCUT2D eigenvalue weighted by molar-refractivity contribution is 5.86. The van der Waals surface area contributed by atoms with Crippen molar-refractivity contribution in [1.82, 2.24) is 0 Å². The standard InChI is InChI=1S/C17H21/c1-3-5-10-16-14(8-4-2)12-13-15-9-6-7-11-17(15)16/h6-7,9,11-13H,1,3-5,8,10H2,2H3. The summed E-state index contributed by atoms with van der Waals surface area (Å²) in [6.45, 7) is 6.21. The number of benzene rings is 2. The van der Waals surface area contributed by atoms with Crippen molar-refractivity contribution in [2.45, 2.75) is 39.0 Å². The topological polar surface area (TPSA) is 0 Å². The molecule has 0 saturated carbocycles. The first-order chi connectivity index (χ1) is 8.36. The Bertz CT molecular complexity index is 482. The number of hydrogen-bond donors (Lipinski definition) is 0. The summed E-state index contributed by atoms with van der Waals surface area (Å²) < 4.78 is 0. The highest BCUT2D eigenvalue weighted by Gasteiger charge is 2.06. The zero-order chi connectivity index (χ0) is 12.1. The molecule has 0 spiro atoms. The van der Waals surface area contributed by atoms with Crippen molar-refractivity contribution < 1.29 is 0 Å². The van der Waals surface area contributed by atoms with Crippen LogP contribution >= 0.6 is 0 Å². The number of rotatable bonds is 5. The molecule has 2 aromatic rings. The van der Waals surface area contributed by atoms with E-state index in [0.29, 0.717) is 0 Å². The highest BCUT2D eigenvalue weighted by atomic mass is 14.1. The van der Waals surface area contributed by atoms with Crippen LogP contribution in [-0.4, -0.2) is 0 Å². The molecule has 2 aromatic carbocycles. The van der Waals surface area contributed by atoms with E-state index < -0.39 is 0 Å². The number of aryl methyl sites for hydroxylation is 2. The summed E-state index contributed by atoms with van der Waals surface area (Å²) in [6.07, 6.45) is 5.78. The molecule has 0 fully saturated rings. The largest absolute Gasteiger partial charge is 0.0651 e. The zero-order valence-corrected chi connectivity index (χ0v) is 10.7. The first kappa shape index (κ1) is 12.2. The van der Waals surface area contributed by atoms with Crippen LogP contribution in [0.3, 0.4) is 0 Å². The second-order valence-corrected chi connectivity index (χ2v) is 4.63. The van der Waals surface area contributed by atoms with Gasteiger partial charge in [0.2, 0.25) is 0 Å². The molecule has 0 saturated heterocycles. The van der Waals surface area contributed by atoms with Gasteiger partial charge in [-0.2, -0.15) is 0 Å². The van der Waals surface area contributed by atoms with Crippen LogP contribution < -0.4 is 0 Å². The van der Waals surface area contributed by atoms with Crippen LogP contribution in [0.5, 0.6) is 0 Å². The van der Waals surface area contributed by atoms with Gasteiger partial charge in [-0.1, -0.05) is 63.1 Å². The van der Waals surface area contributed by atoms with Crippen LogP contribution in [-0.2, 0) is 12.8 Å². The van der Waals surface area contributed by atoms with Crippen LogP contribution in [0.4, 0.5) is 0 Å². The Morgan fingerprint density at radius 1 is 1.00 bits per heavy atom. The van der Waals surface area contributed by atoms with Gasteiger partial charge in [0, 0.05) is 0 Å². The van der Waals surface area contributed by atoms with E-state index in [-0.39, 0.29) is 0 Å². The Morgan fingerprint density at radius 3 is 2.59 bits per heavy atom. The third-order valence-electron chi connectivity index (χ3n) is 3.33. The summed E-state index contributed by atoms with van der Waals surface area (Å²) in [7, 11) is 0. The van der Waals surface area contributed by atoms with Crippen molar-refractivity contribution in [3.63, 3.8) is 0 Å². The van der Waals surface area contributed by atoms with E-state index in [1.165, 1.54) is 42.0 Å². The number of hydrogen-bond acceptors (Lipinski definition) is 0. The summed E-state index contributed by atoms with van der Waals surface area (Å²) >= 11 is 0. The van der Waals surface area contributed by atoms with E-state index >= 15 is 0 Å². The van der Waals surface area contributed by atoms with Gasteiger partial charge in [0.25, 0.3) is 0 Å². The molecule has 1 radical (unpaired) electrons. The molecule has 89 valence electrons. The molecule has 2 rings (SSSR count). The van der Waals surface area contributed by atoms with Crippen molar-refractivity contribution >= 4 is 10.8 Å². The SMILES string of the molecule is [CH2]CCCc1c(CCC)ccc2ccccc12. The van der Waals surface area contributed by atoms with Gasteiger partial charge in [0.1, 0.15) is 0 Å². The second kappa shape index (κ2) is 5.86. The van der Waals surface area contributed by atoms with E-state index in [9.17, 15) is 0 Å². The molecule has 0 aliphatic heterocycles. The van der Waals surface area contributed by atoms with Crippen molar-refractivity contribution in [2.24, 2.45) is 0 Å². The lowest BCUT2D eigenvalue weighted by atomic mass is 9.93. The summed E-state index contributed by atoms with van der Waals surface area (Å²) in [4.78, 5) is 0. The predicted molar refractivity (Wildman–Crippen MR) is 76.2 cm³/mol. The third-order valence-corrected chi connectivity index (χ3v) is 3.33. The maximum absolute atomic E-state index is 3.96. The maximum atomic E-state index is 3.96. The maximum Gasteiger partial charge on any atom is -0.0149 e. The molecule has 0 bridgehead atoms. The molecule has 17 heavy (non-hydrogen) atoms. The van der Waals surface area contributed by atoms with Gasteiger partial charge in [-0.3, -0.25) is 0 Å². The molecule has 0 atom stereocenters. The molecule has 0 aromatic heterocycles. The Morgan fingerprint density at radius 2 is 1.82 bits per heavy atom. The average molecular weight is 225 g/mol. The molecule has 0 amide bonds. The van der Waals surface area contributed by atoms with Crippen LogP contribution in [0.1, 0.15) is 37.3 Å². The molecule has 0 N–H and O–H groups in total. The molecular weight excluding hydrogens is 204 g/mol. The van der Waals surface area contributed by atoms with Gasteiger partial charge in [-0.15, -0.1) is 0 Å². The van der Waals surface area contributed by atoms with Gasteiger partial charge in [-0.05, 0) is 41.2 Å². The minimum Gasteiger partial charge on any atom is -0.0651 e. The Labute approximate surface area is 105 Å². The van der Waals surface area contributed by atoms with Gasteiger partial charge < -0.3 is 0 Å². The lowest BCUT2D eigenvalue weighted by Crippen LogP contribution is -1.96. The molecule has 0 unspecified atom stereocenters. The minimum atomic E-state index is 1.02. The van der Waals surface area contributed by atoms with Crippen LogP contribution in [0.15, 0.2) is 36.4 Å². The second-order valence-electron chi connectivity index (χ2n) is 4.63. The number of unbranched alkanes of at least 4 members (excludes halogenated alkanes) is 1. The molecular formula is C17H21. The molecule has 0 aliphatic rings. The van der Waals surface area contributed by atoms with E-state index in [0.717, 1.165) is 6.42 Å². The minimum absolute atomic E-state index is 1.02. The fraction of sp³-hybridized carbons (Fsp3) is 0.353. The summed E-state index contributed by atoms with van der Waals surface area (Å²) in [5.74, 6) is 0. The van der Waals surface area contributed by atoms with Gasteiger partial charge in [0.15, 0.2) is 0 Å². The molecule has 0 heterocycles. The highest BCUT2D eigenvalue weighted by Crippen LogP contribution is 2.25. The van der Waals surface area contributed by atoms with Gasteiger partial charge in [0.05, 0.1) is 0 Å². The van der Waals surface area contributed by atoms with Gasteiger partial charge >= 0.3 is 0 Å². The van der Waals surface area contributed by atoms with E-state index in [4.69, 9.17) is 0 Å². The molecule has 0 nitrogen and oxygen atoms in total. The van der Waals surface area contributed by atoms with E-state index in [1.807, 2.05) is 0 Å². The predicted octanol–water partition coefficient (Wildman–Crippen LogP) is 4.95. The first-order valence-electron chi connectivity index (χ1n) is 6.65. The fourth-order valence-electron chi connectivity index (χ4n) is 2.48. The summed E-state index contributed by atoms with van der Waals surface area (Å²) in [6, 6.07) is 13.3. The lowest BCUT2D eigenvalue weighted by molar-refractivity contribution is 0.822. The lowest BCUT2D eigenvalue weighted by Gasteiger charge is -2.12. The molecule has 0 aliphatic carbocycles. The Kier molecular flexibility index (Phi) is 4.19. The quantitative estimate of drug-likeness (QED) is 0.675.